The number of anilines is 1. The number of aromatic nitrogens is 1. The molecular formula is C30H36FN3O. The topological polar surface area (TPSA) is 59.2 Å². The molecule has 0 unspecified atom stereocenters. The minimum absolute atomic E-state index is 0.0384. The Bertz CT molecular complexity index is 1130. The molecule has 1 aliphatic rings. The van der Waals surface area contributed by atoms with Gasteiger partial charge in [0.05, 0.1) is 0 Å². The van der Waals surface area contributed by atoms with Crippen molar-refractivity contribution in [3.8, 4) is 11.1 Å². The fourth-order valence-electron chi connectivity index (χ4n) is 4.63. The fourth-order valence-corrected chi connectivity index (χ4v) is 4.63. The highest BCUT2D eigenvalue weighted by Crippen LogP contribution is 2.48. The molecular weight excluding hydrogens is 437 g/mol. The largest absolute Gasteiger partial charge is 0.326 e. The number of carbonyl (C=O) groups is 1. The summed E-state index contributed by atoms with van der Waals surface area (Å²) in [5.74, 6) is -0.405. The second kappa shape index (κ2) is 11.1. The predicted molar refractivity (Wildman–Crippen MR) is 141 cm³/mol. The number of pyridine rings is 1. The summed E-state index contributed by atoms with van der Waals surface area (Å²) in [6.07, 6.45) is 3.86. The number of hydrogen-bond acceptors (Lipinski definition) is 3. The van der Waals surface area contributed by atoms with Gasteiger partial charge < -0.3 is 10.6 Å². The molecule has 184 valence electrons. The minimum atomic E-state index is -0.505. The third-order valence-electron chi connectivity index (χ3n) is 7.26. The Morgan fingerprint density at radius 2 is 1.71 bits per heavy atom. The zero-order chi connectivity index (χ0) is 24.9. The van der Waals surface area contributed by atoms with E-state index in [9.17, 15) is 9.18 Å². The molecule has 5 heteroatoms. The average Bonchev–Trinajstić information content (AvgIpc) is 3.68. The van der Waals surface area contributed by atoms with Gasteiger partial charge in [-0.25, -0.2) is 4.98 Å². The van der Waals surface area contributed by atoms with Gasteiger partial charge in [0.25, 0.3) is 0 Å². The minimum Gasteiger partial charge on any atom is -0.326 e. The Morgan fingerprint density at radius 3 is 2.31 bits per heavy atom. The Morgan fingerprint density at radius 1 is 1.06 bits per heavy atom. The van der Waals surface area contributed by atoms with Crippen LogP contribution in [0.15, 0.2) is 66.7 Å². The molecule has 4 rings (SSSR count). The highest BCUT2D eigenvalue weighted by molar-refractivity contribution is 5.97. The number of halogens is 1. The maximum Gasteiger partial charge on any atom is 0.230 e. The molecule has 2 N–H and O–H groups in total. The van der Waals surface area contributed by atoms with Crippen LogP contribution in [0.3, 0.4) is 0 Å². The van der Waals surface area contributed by atoms with Gasteiger partial charge in [-0.05, 0) is 59.7 Å². The van der Waals surface area contributed by atoms with E-state index in [-0.39, 0.29) is 23.8 Å². The second-order valence-electron chi connectivity index (χ2n) is 9.83. The van der Waals surface area contributed by atoms with Crippen LogP contribution in [0.2, 0.25) is 0 Å². The van der Waals surface area contributed by atoms with Gasteiger partial charge in [-0.15, -0.1) is 0 Å². The van der Waals surface area contributed by atoms with Crippen LogP contribution in [0.4, 0.5) is 10.1 Å². The number of rotatable bonds is 10. The van der Waals surface area contributed by atoms with E-state index in [2.05, 4.69) is 62.2 Å². The van der Waals surface area contributed by atoms with Crippen molar-refractivity contribution in [3.05, 3.63) is 83.9 Å². The van der Waals surface area contributed by atoms with Crippen molar-refractivity contribution < 1.29 is 9.18 Å². The number of benzene rings is 2. The van der Waals surface area contributed by atoms with E-state index in [1.165, 1.54) is 11.6 Å². The highest BCUT2D eigenvalue weighted by atomic mass is 19.1. The Balaban J connectivity index is 1.55. The lowest BCUT2D eigenvalue weighted by Gasteiger charge is -2.29. The molecule has 3 aromatic rings. The number of amides is 1. The van der Waals surface area contributed by atoms with Crippen LogP contribution in [-0.4, -0.2) is 23.5 Å². The fraction of sp³-hybridized carbons (Fsp3) is 0.400. The summed E-state index contributed by atoms with van der Waals surface area (Å²) in [5, 5.41) is 0. The van der Waals surface area contributed by atoms with Crippen molar-refractivity contribution >= 4 is 11.6 Å². The maximum absolute atomic E-state index is 13.6. The lowest BCUT2D eigenvalue weighted by Crippen LogP contribution is -2.45. The highest BCUT2D eigenvalue weighted by Gasteiger charge is 2.47. The SMILES string of the molecule is CCCc1ccc(-c2ccc(N(C[C@@H](N)[C@@H](C)CC)C(=O)[C@@H]3C[C@H]3c3cccc(F)n3)cc2)cc1. The first-order valence-corrected chi connectivity index (χ1v) is 12.8. The number of aryl methyl sites for hydroxylation is 1. The first-order chi connectivity index (χ1) is 16.9. The predicted octanol–water partition coefficient (Wildman–Crippen LogP) is 6.35. The molecule has 0 saturated heterocycles. The summed E-state index contributed by atoms with van der Waals surface area (Å²) in [7, 11) is 0. The van der Waals surface area contributed by atoms with E-state index >= 15 is 0 Å². The summed E-state index contributed by atoms with van der Waals surface area (Å²) in [6, 6.07) is 21.5. The molecule has 4 nitrogen and oxygen atoms in total. The van der Waals surface area contributed by atoms with Gasteiger partial charge in [-0.1, -0.05) is 76.1 Å². The third-order valence-corrected chi connectivity index (χ3v) is 7.26. The maximum atomic E-state index is 13.6. The third kappa shape index (κ3) is 5.96. The van der Waals surface area contributed by atoms with Crippen LogP contribution >= 0.6 is 0 Å². The van der Waals surface area contributed by atoms with Crippen molar-refractivity contribution in [2.45, 2.75) is 58.4 Å². The molecule has 0 bridgehead atoms. The lowest BCUT2D eigenvalue weighted by molar-refractivity contribution is -0.120. The van der Waals surface area contributed by atoms with Crippen LogP contribution in [0.25, 0.3) is 11.1 Å². The van der Waals surface area contributed by atoms with Gasteiger partial charge in [0.15, 0.2) is 0 Å². The molecule has 1 aliphatic carbocycles. The smallest absolute Gasteiger partial charge is 0.230 e. The molecule has 1 amide bonds. The van der Waals surface area contributed by atoms with Crippen LogP contribution in [0.5, 0.6) is 0 Å². The summed E-state index contributed by atoms with van der Waals surface area (Å²) >= 11 is 0. The summed E-state index contributed by atoms with van der Waals surface area (Å²) < 4.78 is 13.6. The zero-order valence-corrected chi connectivity index (χ0v) is 21.0. The molecule has 0 radical (unpaired) electrons. The van der Waals surface area contributed by atoms with E-state index in [1.807, 2.05) is 17.0 Å². The Labute approximate surface area is 208 Å². The monoisotopic (exact) mass is 473 g/mol. The summed E-state index contributed by atoms with van der Waals surface area (Å²) in [4.78, 5) is 19.5. The molecule has 1 fully saturated rings. The van der Waals surface area contributed by atoms with Gasteiger partial charge in [0, 0.05) is 35.8 Å². The van der Waals surface area contributed by atoms with Crippen molar-refractivity contribution in [2.75, 3.05) is 11.4 Å². The van der Waals surface area contributed by atoms with Crippen LogP contribution in [-0.2, 0) is 11.2 Å². The quantitative estimate of drug-likeness (QED) is 0.349. The van der Waals surface area contributed by atoms with Gasteiger partial charge in [-0.3, -0.25) is 4.79 Å². The van der Waals surface area contributed by atoms with Gasteiger partial charge in [0.1, 0.15) is 0 Å². The standard InChI is InChI=1S/C30H36FN3O/c1-4-7-21-10-12-22(13-11-21)23-14-16-24(17-15-23)34(19-27(32)20(3)5-2)30(35)26-18-25(26)28-8-6-9-29(31)33-28/h6,8-17,20,25-27H,4-5,7,18-19,32H2,1-3H3/t20-,25+,26+,27+/m0/s1. The van der Waals surface area contributed by atoms with E-state index in [0.29, 0.717) is 24.6 Å². The number of carbonyl (C=O) groups excluding carboxylic acids is 1. The molecule has 1 saturated carbocycles. The normalized spacial score (nSPS) is 18.7. The van der Waals surface area contributed by atoms with Crippen molar-refractivity contribution in [3.63, 3.8) is 0 Å². The van der Waals surface area contributed by atoms with E-state index in [1.54, 1.807) is 12.1 Å². The first-order valence-electron chi connectivity index (χ1n) is 12.8. The van der Waals surface area contributed by atoms with E-state index in [4.69, 9.17) is 5.73 Å². The molecule has 2 aromatic carbocycles. The van der Waals surface area contributed by atoms with Crippen molar-refractivity contribution in [1.29, 1.82) is 0 Å². The molecule has 4 atom stereocenters. The molecule has 35 heavy (non-hydrogen) atoms. The molecule has 0 aliphatic heterocycles. The number of nitrogens with two attached hydrogens (primary N) is 1. The Kier molecular flexibility index (Phi) is 7.97. The second-order valence-corrected chi connectivity index (χ2v) is 9.83. The molecule has 1 aromatic heterocycles. The molecule has 0 spiro atoms. The van der Waals surface area contributed by atoms with E-state index < -0.39 is 5.95 Å². The van der Waals surface area contributed by atoms with Crippen molar-refractivity contribution in [2.24, 2.45) is 17.6 Å². The zero-order valence-electron chi connectivity index (χ0n) is 21.0. The van der Waals surface area contributed by atoms with Gasteiger partial charge >= 0.3 is 0 Å². The van der Waals surface area contributed by atoms with Crippen molar-refractivity contribution in [1.82, 2.24) is 4.98 Å². The Hall–Kier alpha value is -3.05. The summed E-state index contributed by atoms with van der Waals surface area (Å²) in [6.45, 7) is 6.88. The van der Waals surface area contributed by atoms with Crippen LogP contribution in [0, 0.1) is 17.8 Å². The molecule has 1 heterocycles. The average molecular weight is 474 g/mol. The van der Waals surface area contributed by atoms with Gasteiger partial charge in [-0.2, -0.15) is 4.39 Å². The van der Waals surface area contributed by atoms with Gasteiger partial charge in [0.2, 0.25) is 11.9 Å². The summed E-state index contributed by atoms with van der Waals surface area (Å²) in [5.41, 5.74) is 11.6. The van der Waals surface area contributed by atoms with Crippen LogP contribution < -0.4 is 10.6 Å². The lowest BCUT2D eigenvalue weighted by atomic mass is 9.98. The number of nitrogens with zero attached hydrogens (tertiary/aromatic N) is 2. The number of hydrogen-bond donors (Lipinski definition) is 1. The van der Waals surface area contributed by atoms with E-state index in [0.717, 1.165) is 36.1 Å². The van der Waals surface area contributed by atoms with Crippen LogP contribution in [0.1, 0.15) is 57.2 Å². The first kappa shape index (κ1) is 25.1.